The van der Waals surface area contributed by atoms with Crippen molar-refractivity contribution >= 4 is 34.2 Å². The smallest absolute Gasteiger partial charge is 0.146 e. The van der Waals surface area contributed by atoms with Crippen molar-refractivity contribution in [3.05, 3.63) is 20.2 Å². The van der Waals surface area contributed by atoms with E-state index in [4.69, 9.17) is 16.6 Å². The Bertz CT molecular complexity index is 486. The summed E-state index contributed by atoms with van der Waals surface area (Å²) in [6.07, 6.45) is 10.3. The Labute approximate surface area is 140 Å². The molecule has 110 valence electrons. The summed E-state index contributed by atoms with van der Waals surface area (Å²) in [5.41, 5.74) is 1.23. The Morgan fingerprint density at radius 1 is 1.00 bits per heavy atom. The van der Waals surface area contributed by atoms with Crippen LogP contribution in [-0.2, 0) is 0 Å². The molecular formula is C16H22ClIN2. The van der Waals surface area contributed by atoms with Crippen molar-refractivity contribution in [2.45, 2.75) is 70.1 Å². The van der Waals surface area contributed by atoms with E-state index in [1.54, 1.807) is 0 Å². The van der Waals surface area contributed by atoms with Crippen molar-refractivity contribution in [3.63, 3.8) is 0 Å². The fourth-order valence-electron chi connectivity index (χ4n) is 3.77. The summed E-state index contributed by atoms with van der Waals surface area (Å²) >= 11 is 8.72. The van der Waals surface area contributed by atoms with Crippen LogP contribution in [0.1, 0.15) is 81.6 Å². The first-order valence-electron chi connectivity index (χ1n) is 7.88. The molecule has 0 radical (unpaired) electrons. The number of halogens is 2. The van der Waals surface area contributed by atoms with Gasteiger partial charge >= 0.3 is 0 Å². The fraction of sp³-hybridized carbons (Fsp3) is 0.750. The summed E-state index contributed by atoms with van der Waals surface area (Å²) in [4.78, 5) is 9.58. The lowest BCUT2D eigenvalue weighted by Crippen LogP contribution is -2.16. The quantitative estimate of drug-likeness (QED) is 0.468. The lowest BCUT2D eigenvalue weighted by Gasteiger charge is -2.26. The zero-order valence-corrected chi connectivity index (χ0v) is 15.0. The van der Waals surface area contributed by atoms with Crippen molar-refractivity contribution in [1.82, 2.24) is 9.97 Å². The first kappa shape index (κ1) is 15.0. The summed E-state index contributed by atoms with van der Waals surface area (Å²) < 4.78 is 1.09. The summed E-state index contributed by atoms with van der Waals surface area (Å²) in [5.74, 6) is 2.95. The zero-order valence-electron chi connectivity index (χ0n) is 12.0. The number of nitrogens with zero attached hydrogens (tertiary/aromatic N) is 2. The highest BCUT2D eigenvalue weighted by atomic mass is 127. The molecule has 0 spiro atoms. The van der Waals surface area contributed by atoms with Gasteiger partial charge in [0.25, 0.3) is 0 Å². The van der Waals surface area contributed by atoms with Gasteiger partial charge in [0.15, 0.2) is 0 Å². The lowest BCUT2D eigenvalue weighted by atomic mass is 9.82. The molecule has 2 atom stereocenters. The minimum absolute atomic E-state index is 0.522. The number of hydrogen-bond acceptors (Lipinski definition) is 2. The SMILES string of the molecule is CC1CCCC(c2nc(Cl)c(I)c(C3CCCC3)n2)C1. The van der Waals surface area contributed by atoms with Crippen molar-refractivity contribution in [2.24, 2.45) is 5.92 Å². The molecular weight excluding hydrogens is 383 g/mol. The van der Waals surface area contributed by atoms with Crippen LogP contribution < -0.4 is 0 Å². The average Bonchev–Trinajstić information content (AvgIpc) is 2.95. The third-order valence-electron chi connectivity index (χ3n) is 4.90. The Morgan fingerprint density at radius 3 is 2.40 bits per heavy atom. The Hall–Kier alpha value is 0.1000. The van der Waals surface area contributed by atoms with Crippen LogP contribution in [0.15, 0.2) is 0 Å². The monoisotopic (exact) mass is 404 g/mol. The lowest BCUT2D eigenvalue weighted by molar-refractivity contribution is 0.334. The van der Waals surface area contributed by atoms with E-state index in [1.807, 2.05) is 0 Å². The van der Waals surface area contributed by atoms with Gasteiger partial charge in [0.1, 0.15) is 11.0 Å². The van der Waals surface area contributed by atoms with E-state index < -0.39 is 0 Å². The van der Waals surface area contributed by atoms with Crippen molar-refractivity contribution < 1.29 is 0 Å². The molecule has 0 aromatic carbocycles. The Kier molecular flexibility index (Phi) is 4.86. The summed E-state index contributed by atoms with van der Waals surface area (Å²) in [6, 6.07) is 0. The van der Waals surface area contributed by atoms with E-state index >= 15 is 0 Å². The van der Waals surface area contributed by atoms with Crippen LogP contribution >= 0.6 is 34.2 Å². The van der Waals surface area contributed by atoms with E-state index in [0.717, 1.165) is 15.3 Å². The largest absolute Gasteiger partial charge is 0.236 e. The van der Waals surface area contributed by atoms with Gasteiger partial charge in [-0.3, -0.25) is 0 Å². The minimum atomic E-state index is 0.522. The van der Waals surface area contributed by atoms with Crippen molar-refractivity contribution in [3.8, 4) is 0 Å². The molecule has 2 nitrogen and oxygen atoms in total. The molecule has 2 unspecified atom stereocenters. The minimum Gasteiger partial charge on any atom is -0.236 e. The van der Waals surface area contributed by atoms with Gasteiger partial charge < -0.3 is 0 Å². The average molecular weight is 405 g/mol. The molecule has 4 heteroatoms. The van der Waals surface area contributed by atoms with Crippen LogP contribution in [-0.4, -0.2) is 9.97 Å². The second-order valence-corrected chi connectivity index (χ2v) is 7.96. The molecule has 2 aliphatic carbocycles. The second-order valence-electron chi connectivity index (χ2n) is 6.52. The first-order chi connectivity index (χ1) is 9.65. The summed E-state index contributed by atoms with van der Waals surface area (Å²) in [5, 5.41) is 0.677. The van der Waals surface area contributed by atoms with Crippen molar-refractivity contribution in [1.29, 1.82) is 0 Å². The van der Waals surface area contributed by atoms with E-state index in [-0.39, 0.29) is 0 Å². The van der Waals surface area contributed by atoms with Crippen LogP contribution in [0.5, 0.6) is 0 Å². The topological polar surface area (TPSA) is 25.8 Å². The second kappa shape index (κ2) is 6.47. The molecule has 3 rings (SSSR count). The highest BCUT2D eigenvalue weighted by Gasteiger charge is 2.27. The Balaban J connectivity index is 1.91. The third-order valence-corrected chi connectivity index (χ3v) is 6.55. The van der Waals surface area contributed by atoms with Crippen LogP contribution in [0.3, 0.4) is 0 Å². The molecule has 2 fully saturated rings. The predicted octanol–water partition coefficient (Wildman–Crippen LogP) is 5.69. The van der Waals surface area contributed by atoms with E-state index in [9.17, 15) is 0 Å². The van der Waals surface area contributed by atoms with Gasteiger partial charge in [0.2, 0.25) is 0 Å². The van der Waals surface area contributed by atoms with Gasteiger partial charge in [-0.25, -0.2) is 9.97 Å². The fourth-order valence-corrected chi connectivity index (χ4v) is 4.64. The molecule has 2 saturated carbocycles. The van der Waals surface area contributed by atoms with E-state index in [1.165, 1.54) is 57.1 Å². The van der Waals surface area contributed by atoms with Crippen LogP contribution in [0.4, 0.5) is 0 Å². The molecule has 0 amide bonds. The highest BCUT2D eigenvalue weighted by Crippen LogP contribution is 2.39. The standard InChI is InChI=1S/C16H22ClIN2/c1-10-5-4-8-12(9-10)16-19-14(11-6-2-3-7-11)13(18)15(17)20-16/h10-12H,2-9H2,1H3. The van der Waals surface area contributed by atoms with Gasteiger partial charge in [0, 0.05) is 11.8 Å². The number of hydrogen-bond donors (Lipinski definition) is 0. The molecule has 0 saturated heterocycles. The summed E-state index contributed by atoms with van der Waals surface area (Å²) in [7, 11) is 0. The van der Waals surface area contributed by atoms with Gasteiger partial charge in [-0.1, -0.05) is 44.2 Å². The van der Waals surface area contributed by atoms with Gasteiger partial charge in [-0.15, -0.1) is 0 Å². The maximum Gasteiger partial charge on any atom is 0.146 e. The van der Waals surface area contributed by atoms with Gasteiger partial charge in [-0.05, 0) is 54.2 Å². The van der Waals surface area contributed by atoms with Crippen molar-refractivity contribution in [2.75, 3.05) is 0 Å². The summed E-state index contributed by atoms with van der Waals surface area (Å²) in [6.45, 7) is 2.35. The molecule has 1 heterocycles. The van der Waals surface area contributed by atoms with Gasteiger partial charge in [-0.2, -0.15) is 0 Å². The van der Waals surface area contributed by atoms with E-state index in [2.05, 4.69) is 34.5 Å². The predicted molar refractivity (Wildman–Crippen MR) is 91.3 cm³/mol. The molecule has 2 aliphatic rings. The Morgan fingerprint density at radius 2 is 1.70 bits per heavy atom. The van der Waals surface area contributed by atoms with Crippen LogP contribution in [0.25, 0.3) is 0 Å². The normalized spacial score (nSPS) is 27.9. The first-order valence-corrected chi connectivity index (χ1v) is 9.33. The zero-order chi connectivity index (χ0) is 14.1. The maximum atomic E-state index is 6.39. The van der Waals surface area contributed by atoms with Crippen LogP contribution in [0.2, 0.25) is 5.15 Å². The molecule has 20 heavy (non-hydrogen) atoms. The maximum absolute atomic E-state index is 6.39. The molecule has 1 aromatic heterocycles. The van der Waals surface area contributed by atoms with Gasteiger partial charge in [0.05, 0.1) is 9.26 Å². The highest BCUT2D eigenvalue weighted by molar-refractivity contribution is 14.1. The number of aromatic nitrogens is 2. The molecule has 0 bridgehead atoms. The van der Waals surface area contributed by atoms with Crippen LogP contribution in [0, 0.1) is 9.49 Å². The molecule has 1 aromatic rings. The third kappa shape index (κ3) is 3.13. The van der Waals surface area contributed by atoms with E-state index in [0.29, 0.717) is 17.0 Å². The number of rotatable bonds is 2. The molecule has 0 aliphatic heterocycles. The molecule has 0 N–H and O–H groups in total.